The summed E-state index contributed by atoms with van der Waals surface area (Å²) in [6.45, 7) is 2.11. The predicted octanol–water partition coefficient (Wildman–Crippen LogP) is 7.61. The molecule has 0 amide bonds. The van der Waals surface area contributed by atoms with E-state index in [9.17, 15) is 64.6 Å². The Morgan fingerprint density at radius 1 is 0.520 bits per heavy atom. The number of nitrogens with one attached hydrogen (secondary N) is 5. The Kier molecular flexibility index (Phi) is 20.8. The van der Waals surface area contributed by atoms with Gasteiger partial charge in [-0.2, -0.15) is 29.6 Å². The number of aryl methyl sites for hydroxylation is 1. The molecule has 8 N–H and O–H groups in total. The average Bonchev–Trinajstić information content (AvgIpc) is 0.767. The molecule has 3 aromatic heterocycles. The molecule has 3 atom stereocenters. The van der Waals surface area contributed by atoms with E-state index in [4.69, 9.17) is 25.2 Å². The number of aromatic hydroxyl groups is 3. The summed E-state index contributed by atoms with van der Waals surface area (Å²) in [5.74, 6) is -2.37. The van der Waals surface area contributed by atoms with Gasteiger partial charge in [0.2, 0.25) is 20.0 Å². The molecule has 38 heteroatoms. The maximum Gasteiger partial charge on any atom is 0.348 e. The number of nitrogens with zero attached hydrogens (tertiary/aromatic N) is 9. The lowest BCUT2D eigenvalue weighted by Crippen LogP contribution is -2.34. The van der Waals surface area contributed by atoms with Crippen molar-refractivity contribution in [3.63, 3.8) is 0 Å². The molecule has 3 unspecified atom stereocenters. The Balaban J connectivity index is 0.000000160. The highest BCUT2D eigenvalue weighted by molar-refractivity contribution is 9.10. The van der Waals surface area contributed by atoms with Crippen LogP contribution in [0.4, 0.5) is 32.8 Å². The fourth-order valence-electron chi connectivity index (χ4n) is 9.87. The molecular weight excluding hydrogens is 1460 g/mol. The van der Waals surface area contributed by atoms with Crippen molar-refractivity contribution in [2.75, 3.05) is 59.2 Å². The van der Waals surface area contributed by atoms with Crippen molar-refractivity contribution in [3.8, 4) is 17.2 Å². The minimum Gasteiger partial charge on any atom is -0.505 e. The van der Waals surface area contributed by atoms with E-state index in [1.807, 2.05) is 67.6 Å². The molecule has 12 rings (SSSR count). The number of hydrogen-bond acceptors (Lipinski definition) is 22. The molecule has 0 fully saturated rings. The van der Waals surface area contributed by atoms with Crippen molar-refractivity contribution in [2.45, 2.75) is 26.6 Å². The topological polar surface area (TPSA) is 410 Å². The third-order valence-electron chi connectivity index (χ3n) is 14.4. The van der Waals surface area contributed by atoms with Gasteiger partial charge in [-0.15, -0.1) is 0 Å². The molecule has 6 heterocycles. The van der Waals surface area contributed by atoms with Crippen molar-refractivity contribution in [3.05, 3.63) is 231 Å². The van der Waals surface area contributed by atoms with E-state index in [2.05, 4.69) is 70.9 Å². The number of anilines is 5. The van der Waals surface area contributed by atoms with Gasteiger partial charge in [-0.3, -0.25) is 37.5 Å². The van der Waals surface area contributed by atoms with Gasteiger partial charge in [0.05, 0.1) is 88.7 Å². The highest BCUT2D eigenvalue weighted by atomic mass is 79.9. The second kappa shape index (κ2) is 28.5. The van der Waals surface area contributed by atoms with Gasteiger partial charge in [0.15, 0.2) is 34.8 Å². The Bertz CT molecular complexity index is 5400. The summed E-state index contributed by atoms with van der Waals surface area (Å²) in [5.41, 5.74) is 1.70. The van der Waals surface area contributed by atoms with Crippen molar-refractivity contribution in [1.82, 2.24) is 29.3 Å². The minimum absolute atomic E-state index is 0.0237. The molecule has 0 saturated heterocycles. The van der Waals surface area contributed by atoms with Gasteiger partial charge in [0, 0.05) is 37.2 Å². The predicted molar refractivity (Wildman–Crippen MR) is 374 cm³/mol. The standard InChI is InChI=1S/C20H18BrN4O4P.C20H18ClFN5O6PS.C20H20N5O6PS/c1-12-6-7-15-17(8-12)30(28,29-2)24-19(23-15)18-16(26)10-22-25(20(18)27)11-13-4-3-5-14(21)9-13;1-33-34(30)17-8-12(26-35(2,31)32)4-6-15(17)24-19(25-34)18-16(28)9-23-27(20(18)29)10-11-3-5-14(22)13(21)7-11;1-31-32(28)17-10-14(24-33(2,29)30)8-9-15(17)22-19(23-32)18-16(26)11-21-25(20(18)27)12-13-6-4-3-5-7-13/h3-10,26H,11H2,1-2H3,(H,23,24,28);3-9,26,28H,10H2,1-2H3,(H,24,25,30);3-11,24,26H,12H2,1-2H3,(H,22,23,28). The summed E-state index contributed by atoms with van der Waals surface area (Å²) in [6.07, 6.45) is 5.24. The first-order valence-corrected chi connectivity index (χ1v) is 38.0. The number of aromatic nitrogens is 6. The van der Waals surface area contributed by atoms with Crippen molar-refractivity contribution >= 4 is 132 Å². The monoisotopic (exact) mass is 1520 g/mol. The van der Waals surface area contributed by atoms with Gasteiger partial charge in [0.25, 0.3) is 16.7 Å². The van der Waals surface area contributed by atoms with E-state index in [0.717, 1.165) is 68.6 Å². The maximum atomic E-state index is 13.5. The zero-order valence-corrected chi connectivity index (χ0v) is 58.6. The van der Waals surface area contributed by atoms with E-state index in [1.165, 1.54) is 73.6 Å². The van der Waals surface area contributed by atoms with Crippen LogP contribution in [0, 0.1) is 12.7 Å². The number of amidine groups is 3. The van der Waals surface area contributed by atoms with Gasteiger partial charge in [-0.1, -0.05) is 87.7 Å². The lowest BCUT2D eigenvalue weighted by atomic mass is 10.2. The quantitative estimate of drug-likeness (QED) is 0.0431. The first-order valence-electron chi connectivity index (χ1n) is 28.4. The molecule has 3 aliphatic heterocycles. The number of hydrogen-bond donors (Lipinski definition) is 8. The highest BCUT2D eigenvalue weighted by Crippen LogP contribution is 2.54. The maximum absolute atomic E-state index is 13.5. The highest BCUT2D eigenvalue weighted by Gasteiger charge is 2.38. The number of halogens is 3. The molecule has 0 spiro atoms. The first-order chi connectivity index (χ1) is 46.3. The average molecular weight is 1520 g/mol. The normalized spacial score (nSPS) is 17.5. The Morgan fingerprint density at radius 3 is 1.29 bits per heavy atom. The Hall–Kier alpha value is -9.46. The molecule has 510 valence electrons. The zero-order chi connectivity index (χ0) is 70.8. The molecule has 0 radical (unpaired) electrons. The number of benzene rings is 6. The second-order valence-electron chi connectivity index (χ2n) is 21.5. The molecule has 0 saturated carbocycles. The van der Waals surface area contributed by atoms with Crippen LogP contribution in [0.2, 0.25) is 5.02 Å². The smallest absolute Gasteiger partial charge is 0.348 e. The van der Waals surface area contributed by atoms with Crippen LogP contribution in [-0.2, 0) is 66.9 Å². The second-order valence-corrected chi connectivity index (χ2v) is 32.6. The Morgan fingerprint density at radius 2 is 0.898 bits per heavy atom. The van der Waals surface area contributed by atoms with Crippen LogP contribution in [0.5, 0.6) is 17.2 Å². The molecule has 0 bridgehead atoms. The van der Waals surface area contributed by atoms with Crippen LogP contribution >= 0.6 is 50.1 Å². The molecular formula is C60H56BrClFN14O16P3S2. The van der Waals surface area contributed by atoms with Crippen LogP contribution in [0.1, 0.15) is 38.9 Å². The SMILES string of the molecule is COP1(=O)N=C(c2c(O)cnn(Cc3ccc(F)c(Cl)c3)c2=O)Nc2ccc(NS(C)(=O)=O)cc21.COP1(=O)N=C(c2c(O)cnn(Cc3cccc(Br)c3)c2=O)Nc2ccc(C)cc21.COP1(=O)N=C(c2c(O)cnn(Cc3ccccc3)c2=O)Nc2ccc(NS(C)(=O)=O)cc21. The summed E-state index contributed by atoms with van der Waals surface area (Å²) >= 11 is 9.21. The van der Waals surface area contributed by atoms with Gasteiger partial charge >= 0.3 is 22.6 Å². The molecule has 9 aromatic rings. The lowest BCUT2D eigenvalue weighted by molar-refractivity contribution is 0.403. The molecule has 3 aliphatic rings. The third-order valence-corrected chi connectivity index (χ3v) is 22.2. The van der Waals surface area contributed by atoms with E-state index in [-0.39, 0.29) is 98.0 Å². The number of rotatable bonds is 16. The third kappa shape index (κ3) is 15.9. The molecule has 0 aliphatic carbocycles. The van der Waals surface area contributed by atoms with Crippen LogP contribution in [0.25, 0.3) is 0 Å². The zero-order valence-electron chi connectivity index (χ0n) is 51.9. The first kappa shape index (κ1) is 71.3. The van der Waals surface area contributed by atoms with Crippen LogP contribution in [-0.4, -0.2) is 113 Å². The summed E-state index contributed by atoms with van der Waals surface area (Å²) in [6, 6.07) is 34.3. The largest absolute Gasteiger partial charge is 0.505 e. The molecule has 6 aromatic carbocycles. The van der Waals surface area contributed by atoms with Crippen molar-refractivity contribution in [2.24, 2.45) is 14.3 Å². The lowest BCUT2D eigenvalue weighted by Gasteiger charge is -2.25. The van der Waals surface area contributed by atoms with Crippen LogP contribution < -0.4 is 58.0 Å². The summed E-state index contributed by atoms with van der Waals surface area (Å²) in [7, 11) is -15.0. The van der Waals surface area contributed by atoms with Crippen LogP contribution in [0.3, 0.4) is 0 Å². The van der Waals surface area contributed by atoms with Gasteiger partial charge < -0.3 is 44.8 Å². The molecule has 98 heavy (non-hydrogen) atoms. The van der Waals surface area contributed by atoms with Crippen molar-refractivity contribution in [1.29, 1.82) is 0 Å². The van der Waals surface area contributed by atoms with E-state index >= 15 is 0 Å². The van der Waals surface area contributed by atoms with Crippen LogP contribution in [0.15, 0.2) is 179 Å². The van der Waals surface area contributed by atoms with Gasteiger partial charge in [0.1, 0.15) is 22.5 Å². The number of fused-ring (bicyclic) bond motifs is 3. The summed E-state index contributed by atoms with van der Waals surface area (Å²) < 4.78 is 137. The van der Waals surface area contributed by atoms with Crippen molar-refractivity contribution < 1.29 is 63.8 Å². The fraction of sp³-hybridized carbons (Fsp3) is 0.150. The summed E-state index contributed by atoms with van der Waals surface area (Å²) in [5, 5.41) is 52.3. The van der Waals surface area contributed by atoms with E-state index in [1.54, 1.807) is 12.1 Å². The fourth-order valence-corrected chi connectivity index (χ4v) is 16.3. The number of sulfonamides is 2. The van der Waals surface area contributed by atoms with E-state index < -0.39 is 76.6 Å². The molecule has 30 nitrogen and oxygen atoms in total. The summed E-state index contributed by atoms with van der Waals surface area (Å²) in [4.78, 5) is 39.4. The minimum atomic E-state index is -3.98. The van der Waals surface area contributed by atoms with Gasteiger partial charge in [-0.25, -0.2) is 35.3 Å². The van der Waals surface area contributed by atoms with E-state index in [0.29, 0.717) is 16.6 Å². The Labute approximate surface area is 570 Å². The van der Waals surface area contributed by atoms with Gasteiger partial charge in [-0.05, 0) is 96.4 Å².